The fourth-order valence-electron chi connectivity index (χ4n) is 2.16. The van der Waals surface area contributed by atoms with Crippen LogP contribution < -0.4 is 19.8 Å². The molecule has 0 spiro atoms. The molecule has 1 heterocycles. The number of rotatable bonds is 4. The lowest BCUT2D eigenvalue weighted by Gasteiger charge is -2.13. The molecule has 1 aromatic heterocycles. The first-order chi connectivity index (χ1) is 10.0. The second-order valence-corrected chi connectivity index (χ2v) is 4.43. The molecular weight excluding hydrogens is 274 g/mol. The van der Waals surface area contributed by atoms with Crippen molar-refractivity contribution in [3.8, 4) is 17.2 Å². The Kier molecular flexibility index (Phi) is 4.16. The minimum atomic E-state index is -0.451. The van der Waals surface area contributed by atoms with Gasteiger partial charge in [-0.25, -0.2) is 0 Å². The predicted octanol–water partition coefficient (Wildman–Crippen LogP) is 1.96. The van der Waals surface area contributed by atoms with Crippen LogP contribution in [0.5, 0.6) is 17.2 Å². The number of fused-ring (bicyclic) bond motifs is 1. The molecular formula is C15H17NO5. The fourth-order valence-corrected chi connectivity index (χ4v) is 2.16. The third-order valence-electron chi connectivity index (χ3n) is 3.15. The van der Waals surface area contributed by atoms with Crippen molar-refractivity contribution in [1.82, 2.24) is 4.57 Å². The SMILES string of the molecule is CCn1cc(OC(C)=O)c2cc(OC)c(OC)cc2c1=O. The summed E-state index contributed by atoms with van der Waals surface area (Å²) >= 11 is 0. The van der Waals surface area contributed by atoms with E-state index in [2.05, 4.69) is 0 Å². The molecule has 0 aliphatic carbocycles. The van der Waals surface area contributed by atoms with E-state index in [-0.39, 0.29) is 5.56 Å². The molecule has 0 fully saturated rings. The lowest BCUT2D eigenvalue weighted by Crippen LogP contribution is -2.20. The number of carbonyl (C=O) groups is 1. The van der Waals surface area contributed by atoms with Gasteiger partial charge in [-0.1, -0.05) is 0 Å². The van der Waals surface area contributed by atoms with Crippen molar-refractivity contribution in [3.63, 3.8) is 0 Å². The summed E-state index contributed by atoms with van der Waals surface area (Å²) in [6, 6.07) is 3.23. The lowest BCUT2D eigenvalue weighted by molar-refractivity contribution is -0.131. The molecule has 0 aliphatic heterocycles. The van der Waals surface area contributed by atoms with Crippen molar-refractivity contribution in [2.75, 3.05) is 14.2 Å². The Labute approximate surface area is 121 Å². The van der Waals surface area contributed by atoms with Gasteiger partial charge in [0.25, 0.3) is 5.56 Å². The molecule has 112 valence electrons. The molecule has 0 atom stereocenters. The molecule has 0 bridgehead atoms. The maximum atomic E-state index is 12.4. The van der Waals surface area contributed by atoms with E-state index in [9.17, 15) is 9.59 Å². The zero-order valence-corrected chi connectivity index (χ0v) is 12.4. The molecule has 2 rings (SSSR count). The second kappa shape index (κ2) is 5.87. The molecule has 2 aromatic rings. The first-order valence-corrected chi connectivity index (χ1v) is 6.49. The molecule has 0 saturated heterocycles. The summed E-state index contributed by atoms with van der Waals surface area (Å²) in [5, 5.41) is 0.922. The molecule has 0 radical (unpaired) electrons. The Morgan fingerprint density at radius 1 is 1.10 bits per heavy atom. The van der Waals surface area contributed by atoms with Crippen molar-refractivity contribution < 1.29 is 19.0 Å². The van der Waals surface area contributed by atoms with Crippen LogP contribution >= 0.6 is 0 Å². The van der Waals surface area contributed by atoms with E-state index in [0.29, 0.717) is 34.6 Å². The van der Waals surface area contributed by atoms with E-state index < -0.39 is 5.97 Å². The number of aryl methyl sites for hydroxylation is 1. The van der Waals surface area contributed by atoms with Crippen LogP contribution in [-0.2, 0) is 11.3 Å². The van der Waals surface area contributed by atoms with Gasteiger partial charge in [-0.05, 0) is 19.1 Å². The average Bonchev–Trinajstić information content (AvgIpc) is 2.48. The quantitative estimate of drug-likeness (QED) is 0.806. The molecule has 0 aliphatic rings. The number of ether oxygens (including phenoxy) is 3. The Morgan fingerprint density at radius 3 is 2.14 bits per heavy atom. The van der Waals surface area contributed by atoms with E-state index >= 15 is 0 Å². The fraction of sp³-hybridized carbons (Fsp3) is 0.333. The van der Waals surface area contributed by atoms with Crippen LogP contribution in [0.25, 0.3) is 10.8 Å². The molecule has 21 heavy (non-hydrogen) atoms. The van der Waals surface area contributed by atoms with Crippen LogP contribution in [-0.4, -0.2) is 24.8 Å². The van der Waals surface area contributed by atoms with E-state index in [1.54, 1.807) is 12.1 Å². The van der Waals surface area contributed by atoms with E-state index in [1.807, 2.05) is 6.92 Å². The van der Waals surface area contributed by atoms with Gasteiger partial charge in [0.2, 0.25) is 0 Å². The normalized spacial score (nSPS) is 10.5. The number of aromatic nitrogens is 1. The van der Waals surface area contributed by atoms with Crippen LogP contribution in [0, 0.1) is 0 Å². The standard InChI is InChI=1S/C15H17NO5/c1-5-16-8-14(21-9(2)17)10-6-12(19-3)13(20-4)7-11(10)15(16)18/h6-8H,5H2,1-4H3. The maximum absolute atomic E-state index is 12.4. The van der Waals surface area contributed by atoms with E-state index in [0.717, 1.165) is 0 Å². The lowest BCUT2D eigenvalue weighted by atomic mass is 10.1. The number of pyridine rings is 1. The summed E-state index contributed by atoms with van der Waals surface area (Å²) in [4.78, 5) is 23.6. The molecule has 6 nitrogen and oxygen atoms in total. The van der Waals surface area contributed by atoms with Gasteiger partial charge in [-0.2, -0.15) is 0 Å². The maximum Gasteiger partial charge on any atom is 0.308 e. The Morgan fingerprint density at radius 2 is 1.67 bits per heavy atom. The van der Waals surface area contributed by atoms with Crippen LogP contribution in [0.2, 0.25) is 0 Å². The molecule has 0 saturated carbocycles. The minimum Gasteiger partial charge on any atom is -0.493 e. The molecule has 0 amide bonds. The summed E-state index contributed by atoms with van der Waals surface area (Å²) in [5.41, 5.74) is -0.177. The summed E-state index contributed by atoms with van der Waals surface area (Å²) in [5.74, 6) is 0.782. The van der Waals surface area contributed by atoms with Crippen molar-refractivity contribution >= 4 is 16.7 Å². The predicted molar refractivity (Wildman–Crippen MR) is 78.3 cm³/mol. The second-order valence-electron chi connectivity index (χ2n) is 4.43. The number of methoxy groups -OCH3 is 2. The highest BCUT2D eigenvalue weighted by atomic mass is 16.5. The Hall–Kier alpha value is -2.50. The number of hydrogen-bond acceptors (Lipinski definition) is 5. The number of benzene rings is 1. The number of carbonyl (C=O) groups excluding carboxylic acids is 1. The first-order valence-electron chi connectivity index (χ1n) is 6.49. The smallest absolute Gasteiger partial charge is 0.308 e. The summed E-state index contributed by atoms with van der Waals surface area (Å²) < 4.78 is 17.1. The monoisotopic (exact) mass is 291 g/mol. The highest BCUT2D eigenvalue weighted by Gasteiger charge is 2.15. The summed E-state index contributed by atoms with van der Waals surface area (Å²) in [6.45, 7) is 3.62. The molecule has 6 heteroatoms. The topological polar surface area (TPSA) is 66.8 Å². The molecule has 0 unspecified atom stereocenters. The van der Waals surface area contributed by atoms with Gasteiger partial charge in [0.05, 0.1) is 25.8 Å². The zero-order chi connectivity index (χ0) is 15.6. The van der Waals surface area contributed by atoms with E-state index in [4.69, 9.17) is 14.2 Å². The van der Waals surface area contributed by atoms with Gasteiger partial charge in [0.15, 0.2) is 17.2 Å². The highest BCUT2D eigenvalue weighted by molar-refractivity contribution is 5.92. The summed E-state index contributed by atoms with van der Waals surface area (Å²) in [7, 11) is 3.00. The van der Waals surface area contributed by atoms with Gasteiger partial charge in [0.1, 0.15) is 0 Å². The molecule has 0 N–H and O–H groups in total. The highest BCUT2D eigenvalue weighted by Crippen LogP contribution is 2.34. The van der Waals surface area contributed by atoms with Gasteiger partial charge in [0, 0.05) is 18.9 Å². The average molecular weight is 291 g/mol. The van der Waals surface area contributed by atoms with Gasteiger partial charge < -0.3 is 18.8 Å². The van der Waals surface area contributed by atoms with Crippen LogP contribution in [0.15, 0.2) is 23.1 Å². The third-order valence-corrected chi connectivity index (χ3v) is 3.15. The Bertz CT molecular complexity index is 748. The van der Waals surface area contributed by atoms with Crippen molar-refractivity contribution in [1.29, 1.82) is 0 Å². The number of hydrogen-bond donors (Lipinski definition) is 0. The largest absolute Gasteiger partial charge is 0.493 e. The van der Waals surface area contributed by atoms with Crippen LogP contribution in [0.4, 0.5) is 0 Å². The number of nitrogens with zero attached hydrogens (tertiary/aromatic N) is 1. The first kappa shape index (κ1) is 14.9. The van der Waals surface area contributed by atoms with Gasteiger partial charge in [-0.3, -0.25) is 9.59 Å². The zero-order valence-electron chi connectivity index (χ0n) is 12.4. The van der Waals surface area contributed by atoms with Gasteiger partial charge in [-0.15, -0.1) is 0 Å². The van der Waals surface area contributed by atoms with Crippen molar-refractivity contribution in [3.05, 3.63) is 28.7 Å². The summed E-state index contributed by atoms with van der Waals surface area (Å²) in [6.07, 6.45) is 1.53. The van der Waals surface area contributed by atoms with Crippen LogP contribution in [0.1, 0.15) is 13.8 Å². The van der Waals surface area contributed by atoms with Crippen molar-refractivity contribution in [2.24, 2.45) is 0 Å². The number of esters is 1. The van der Waals surface area contributed by atoms with Crippen molar-refractivity contribution in [2.45, 2.75) is 20.4 Å². The molecule has 1 aromatic carbocycles. The van der Waals surface area contributed by atoms with Gasteiger partial charge >= 0.3 is 5.97 Å². The third kappa shape index (κ3) is 2.69. The minimum absolute atomic E-state index is 0.177. The van der Waals surface area contributed by atoms with Crippen LogP contribution in [0.3, 0.4) is 0 Å². The van der Waals surface area contributed by atoms with E-state index in [1.165, 1.54) is 31.9 Å². The Balaban J connectivity index is 2.86.